The average Bonchev–Trinajstić information content (AvgIpc) is 2.95. The Labute approximate surface area is 158 Å². The minimum atomic E-state index is -5.84. The fourth-order valence-corrected chi connectivity index (χ4v) is 4.74. The summed E-state index contributed by atoms with van der Waals surface area (Å²) >= 11 is 0. The molecule has 154 valence electrons. The van der Waals surface area contributed by atoms with Gasteiger partial charge in [0.15, 0.2) is 0 Å². The van der Waals surface area contributed by atoms with E-state index in [0.717, 1.165) is 18.4 Å². The van der Waals surface area contributed by atoms with Gasteiger partial charge in [-0.3, -0.25) is 0 Å². The van der Waals surface area contributed by atoms with Crippen LogP contribution in [0.3, 0.4) is 0 Å². The number of hydrogen-bond donors (Lipinski definition) is 1. The van der Waals surface area contributed by atoms with Gasteiger partial charge in [0.1, 0.15) is 0 Å². The average molecular weight is 418 g/mol. The van der Waals surface area contributed by atoms with Crippen LogP contribution in [0.4, 0.5) is 0 Å². The van der Waals surface area contributed by atoms with E-state index < -0.39 is 33.1 Å². The van der Waals surface area contributed by atoms with Crippen molar-refractivity contribution in [1.29, 1.82) is 0 Å². The third-order valence-corrected chi connectivity index (χ3v) is 8.31. The van der Waals surface area contributed by atoms with Gasteiger partial charge in [-0.2, -0.15) is 0 Å². The summed E-state index contributed by atoms with van der Waals surface area (Å²) in [7, 11) is -11.7. The third kappa shape index (κ3) is 6.47. The van der Waals surface area contributed by atoms with E-state index in [2.05, 4.69) is 16.4 Å². The second-order valence-corrected chi connectivity index (χ2v) is 10.7. The highest BCUT2D eigenvalue weighted by Crippen LogP contribution is 2.61. The van der Waals surface area contributed by atoms with E-state index in [1.54, 1.807) is 0 Å². The standard InChI is InChI=1S/C15H28N4O6P2/c1-12(2)5-4-6-13(3)7-8-19-10-14(17-18-19)9-15(11-16,26(20,21)22)27(23,24)25/h5,7,10H,4,6,8-9,11,16H2,1-3H3,(H2,20,21,22)(H2,23,24,25)/p-4/b13-7+. The topological polar surface area (TPSA) is 183 Å². The molecule has 0 saturated carbocycles. The van der Waals surface area contributed by atoms with Gasteiger partial charge in [-0.1, -0.05) is 43.7 Å². The van der Waals surface area contributed by atoms with Gasteiger partial charge in [0.25, 0.3) is 0 Å². The van der Waals surface area contributed by atoms with Crippen LogP contribution in [0.2, 0.25) is 0 Å². The van der Waals surface area contributed by atoms with Gasteiger partial charge < -0.3 is 34.4 Å². The monoisotopic (exact) mass is 418 g/mol. The lowest BCUT2D eigenvalue weighted by molar-refractivity contribution is -0.336. The summed E-state index contributed by atoms with van der Waals surface area (Å²) in [5.41, 5.74) is 7.41. The maximum atomic E-state index is 11.5. The summed E-state index contributed by atoms with van der Waals surface area (Å²) in [5.74, 6) is 0. The molecule has 0 radical (unpaired) electrons. The van der Waals surface area contributed by atoms with Crippen molar-refractivity contribution in [1.82, 2.24) is 15.0 Å². The van der Waals surface area contributed by atoms with Crippen LogP contribution < -0.4 is 25.3 Å². The van der Waals surface area contributed by atoms with Gasteiger partial charge in [-0.05, 0) is 33.6 Å². The lowest BCUT2D eigenvalue weighted by Gasteiger charge is -2.58. The predicted octanol–water partition coefficient (Wildman–Crippen LogP) is -1.00. The zero-order chi connectivity index (χ0) is 20.9. The first-order valence-corrected chi connectivity index (χ1v) is 11.3. The van der Waals surface area contributed by atoms with Crippen molar-refractivity contribution < 1.29 is 28.7 Å². The van der Waals surface area contributed by atoms with Crippen molar-refractivity contribution >= 4 is 15.2 Å². The first-order chi connectivity index (χ1) is 12.3. The number of nitrogens with two attached hydrogens (primary N) is 1. The molecule has 0 aliphatic rings. The quantitative estimate of drug-likeness (QED) is 0.367. The number of hydrogen-bond acceptors (Lipinski definition) is 9. The lowest BCUT2D eigenvalue weighted by Crippen LogP contribution is -2.52. The molecule has 1 aromatic rings. The largest absolute Gasteiger partial charge is 0.810 e. The van der Waals surface area contributed by atoms with E-state index in [1.807, 2.05) is 26.8 Å². The Bertz CT molecular complexity index is 766. The maximum absolute atomic E-state index is 11.5. The number of aromatic nitrogens is 3. The Hall–Kier alpha value is -1.12. The van der Waals surface area contributed by atoms with E-state index in [0.29, 0.717) is 6.54 Å². The fraction of sp³-hybridized carbons (Fsp3) is 0.600. The normalized spacial score (nSPS) is 13.7. The summed E-state index contributed by atoms with van der Waals surface area (Å²) in [5, 5.41) is 7.42. The molecule has 0 spiro atoms. The third-order valence-electron chi connectivity index (χ3n) is 4.11. The molecule has 2 N–H and O–H groups in total. The molecular formula is C15H24N4O6P2-4. The highest BCUT2D eigenvalue weighted by atomic mass is 31.2. The Kier molecular flexibility index (Phi) is 8.31. The molecule has 27 heavy (non-hydrogen) atoms. The minimum absolute atomic E-state index is 0.116. The molecular weight excluding hydrogens is 394 g/mol. The van der Waals surface area contributed by atoms with Crippen molar-refractivity contribution in [2.75, 3.05) is 6.54 Å². The van der Waals surface area contributed by atoms with Crippen LogP contribution in [-0.2, 0) is 22.1 Å². The van der Waals surface area contributed by atoms with Gasteiger partial charge in [0.05, 0.1) is 12.2 Å². The first kappa shape index (κ1) is 23.9. The second kappa shape index (κ2) is 9.39. The molecule has 0 amide bonds. The van der Waals surface area contributed by atoms with Gasteiger partial charge in [-0.25, -0.2) is 4.68 Å². The van der Waals surface area contributed by atoms with Crippen molar-refractivity contribution in [2.24, 2.45) is 5.73 Å². The Morgan fingerprint density at radius 2 is 1.78 bits per heavy atom. The molecule has 0 saturated heterocycles. The van der Waals surface area contributed by atoms with E-state index >= 15 is 0 Å². The molecule has 0 aliphatic heterocycles. The van der Waals surface area contributed by atoms with Crippen LogP contribution >= 0.6 is 15.2 Å². The number of nitrogens with zero attached hydrogens (tertiary/aromatic N) is 3. The van der Waals surface area contributed by atoms with Gasteiger partial charge in [-0.15, -0.1) is 5.10 Å². The van der Waals surface area contributed by atoms with E-state index in [9.17, 15) is 28.7 Å². The summed E-state index contributed by atoms with van der Waals surface area (Å²) in [6.45, 7) is 5.16. The van der Waals surface area contributed by atoms with Crippen molar-refractivity contribution in [3.05, 3.63) is 35.2 Å². The summed E-state index contributed by atoms with van der Waals surface area (Å²) in [6.07, 6.45) is 6.12. The Balaban J connectivity index is 2.91. The second-order valence-electron chi connectivity index (χ2n) is 6.66. The van der Waals surface area contributed by atoms with E-state index in [4.69, 9.17) is 5.73 Å². The zero-order valence-electron chi connectivity index (χ0n) is 15.5. The summed E-state index contributed by atoms with van der Waals surface area (Å²) < 4.78 is 24.3. The summed E-state index contributed by atoms with van der Waals surface area (Å²) in [4.78, 5) is 42.7. The van der Waals surface area contributed by atoms with Crippen molar-refractivity contribution in [3.8, 4) is 0 Å². The van der Waals surface area contributed by atoms with Crippen LogP contribution in [0.25, 0.3) is 0 Å². The van der Waals surface area contributed by atoms with E-state index in [1.165, 1.54) is 16.5 Å². The highest BCUT2D eigenvalue weighted by Gasteiger charge is 2.38. The zero-order valence-corrected chi connectivity index (χ0v) is 17.3. The first-order valence-electron chi connectivity index (χ1n) is 8.25. The maximum Gasteiger partial charge on any atom is 0.0840 e. The smallest absolute Gasteiger partial charge is 0.0840 e. The van der Waals surface area contributed by atoms with Crippen LogP contribution in [-0.4, -0.2) is 26.4 Å². The fourth-order valence-electron chi connectivity index (χ4n) is 2.38. The Morgan fingerprint density at radius 3 is 2.26 bits per heavy atom. The molecule has 1 rings (SSSR count). The van der Waals surface area contributed by atoms with Gasteiger partial charge in [0, 0.05) is 24.1 Å². The molecule has 0 fully saturated rings. The Morgan fingerprint density at radius 1 is 1.19 bits per heavy atom. The van der Waals surface area contributed by atoms with Crippen LogP contribution in [0.15, 0.2) is 29.5 Å². The molecule has 12 heteroatoms. The van der Waals surface area contributed by atoms with Crippen molar-refractivity contribution in [2.45, 2.75) is 51.5 Å². The molecule has 1 aromatic heterocycles. The van der Waals surface area contributed by atoms with Gasteiger partial charge in [0.2, 0.25) is 0 Å². The number of rotatable bonds is 10. The molecule has 1 heterocycles. The van der Waals surface area contributed by atoms with Crippen LogP contribution in [0.5, 0.6) is 0 Å². The summed E-state index contributed by atoms with van der Waals surface area (Å²) in [6, 6.07) is 0. The number of allylic oxidation sites excluding steroid dienone is 4. The molecule has 0 aromatic carbocycles. The van der Waals surface area contributed by atoms with Crippen LogP contribution in [0, 0.1) is 0 Å². The molecule has 0 aliphatic carbocycles. The lowest BCUT2D eigenvalue weighted by atomic mass is 10.1. The molecule has 0 atom stereocenters. The van der Waals surface area contributed by atoms with E-state index in [-0.39, 0.29) is 5.69 Å². The highest BCUT2D eigenvalue weighted by molar-refractivity contribution is 7.69. The molecule has 0 bridgehead atoms. The van der Waals surface area contributed by atoms with Crippen molar-refractivity contribution in [3.63, 3.8) is 0 Å². The predicted molar refractivity (Wildman–Crippen MR) is 93.1 cm³/mol. The minimum Gasteiger partial charge on any atom is -0.810 e. The SMILES string of the molecule is CC(C)=CCC/C(C)=C/Cn1cc(CC(CN)(P(=O)([O-])[O-])P(=O)([O-])[O-])nn1. The molecule has 10 nitrogen and oxygen atoms in total. The van der Waals surface area contributed by atoms with Crippen LogP contribution in [0.1, 0.15) is 39.3 Å². The molecule has 0 unspecified atom stereocenters. The van der Waals surface area contributed by atoms with Gasteiger partial charge >= 0.3 is 0 Å².